The molecule has 0 spiro atoms. The van der Waals surface area contributed by atoms with Gasteiger partial charge in [0.2, 0.25) is 17.7 Å². The summed E-state index contributed by atoms with van der Waals surface area (Å²) in [6, 6.07) is 12.9. The number of nitrogens with one attached hydrogen (secondary N) is 2. The summed E-state index contributed by atoms with van der Waals surface area (Å²) in [5.41, 5.74) is 12.9. The Labute approximate surface area is 234 Å². The molecule has 0 bridgehead atoms. The second kappa shape index (κ2) is 16.2. The van der Waals surface area contributed by atoms with Crippen LogP contribution in [0.25, 0.3) is 0 Å². The predicted molar refractivity (Wildman–Crippen MR) is 149 cm³/mol. The lowest BCUT2D eigenvalue weighted by atomic mass is 9.88. The number of carbonyl (C=O) groups excluding carboxylic acids is 5. The van der Waals surface area contributed by atoms with Gasteiger partial charge in [0.25, 0.3) is 0 Å². The molecular formula is C30H39FN4O5. The summed E-state index contributed by atoms with van der Waals surface area (Å²) in [4.78, 5) is 62.3. The van der Waals surface area contributed by atoms with E-state index in [1.807, 2.05) is 44.2 Å². The molecule has 0 aliphatic carbocycles. The van der Waals surface area contributed by atoms with Crippen molar-refractivity contribution in [1.29, 1.82) is 0 Å². The van der Waals surface area contributed by atoms with E-state index in [1.165, 1.54) is 24.3 Å². The number of halogens is 1. The fraction of sp³-hybridized carbons (Fsp3) is 0.433. The summed E-state index contributed by atoms with van der Waals surface area (Å²) in [7, 11) is 0. The number of Topliss-reactive ketones (excluding diaryl/α,β-unsaturated/α-hetero) is 2. The Morgan fingerprint density at radius 1 is 0.875 bits per heavy atom. The highest BCUT2D eigenvalue weighted by Gasteiger charge is 2.27. The second-order valence-electron chi connectivity index (χ2n) is 10.4. The van der Waals surface area contributed by atoms with Gasteiger partial charge in [-0.05, 0) is 48.4 Å². The van der Waals surface area contributed by atoms with E-state index >= 15 is 0 Å². The number of nitrogens with two attached hydrogens (primary N) is 2. The van der Waals surface area contributed by atoms with Gasteiger partial charge in [0.05, 0.1) is 18.6 Å². The lowest BCUT2D eigenvalue weighted by molar-refractivity contribution is -0.131. The number of benzene rings is 2. The van der Waals surface area contributed by atoms with E-state index in [4.69, 9.17) is 11.5 Å². The topological polar surface area (TPSA) is 161 Å². The molecule has 0 fully saturated rings. The van der Waals surface area contributed by atoms with Gasteiger partial charge in [0, 0.05) is 25.2 Å². The largest absolute Gasteiger partial charge is 0.369 e. The molecule has 0 radical (unpaired) electrons. The Balaban J connectivity index is 1.88. The average Bonchev–Trinajstić information content (AvgIpc) is 2.91. The lowest BCUT2D eigenvalue weighted by Gasteiger charge is -2.21. The van der Waals surface area contributed by atoms with E-state index in [2.05, 4.69) is 10.6 Å². The molecule has 0 saturated heterocycles. The van der Waals surface area contributed by atoms with Crippen LogP contribution < -0.4 is 22.1 Å². The highest BCUT2D eigenvalue weighted by Crippen LogP contribution is 2.18. The van der Waals surface area contributed by atoms with Crippen LogP contribution in [0.5, 0.6) is 0 Å². The molecule has 6 N–H and O–H groups in total. The highest BCUT2D eigenvalue weighted by atomic mass is 19.1. The number of carbonyl (C=O) groups is 5. The molecule has 9 nitrogen and oxygen atoms in total. The van der Waals surface area contributed by atoms with Gasteiger partial charge in [-0.2, -0.15) is 0 Å². The van der Waals surface area contributed by atoms with Crippen molar-refractivity contribution in [1.82, 2.24) is 10.6 Å². The van der Waals surface area contributed by atoms with Crippen molar-refractivity contribution < 1.29 is 28.4 Å². The normalized spacial score (nSPS) is 13.2. The van der Waals surface area contributed by atoms with Crippen molar-refractivity contribution in [3.8, 4) is 0 Å². The molecular weight excluding hydrogens is 515 g/mol. The van der Waals surface area contributed by atoms with Crippen LogP contribution in [0, 0.1) is 17.7 Å². The molecule has 0 aliphatic heterocycles. The number of hydrogen-bond donors (Lipinski definition) is 4. The van der Waals surface area contributed by atoms with E-state index in [-0.39, 0.29) is 56.1 Å². The summed E-state index contributed by atoms with van der Waals surface area (Å²) < 4.78 is 13.0. The molecule has 3 atom stereocenters. The van der Waals surface area contributed by atoms with Crippen LogP contribution in [-0.2, 0) is 36.8 Å². The number of ketones is 2. The van der Waals surface area contributed by atoms with Crippen molar-refractivity contribution in [3.05, 3.63) is 71.5 Å². The van der Waals surface area contributed by atoms with Gasteiger partial charge in [0.1, 0.15) is 5.82 Å². The molecule has 2 aromatic rings. The van der Waals surface area contributed by atoms with E-state index in [0.29, 0.717) is 12.0 Å². The summed E-state index contributed by atoms with van der Waals surface area (Å²) in [6.07, 6.45) is 0.445. The molecule has 0 aliphatic rings. The van der Waals surface area contributed by atoms with Gasteiger partial charge < -0.3 is 22.1 Å². The van der Waals surface area contributed by atoms with Crippen LogP contribution in [0.4, 0.5) is 4.39 Å². The molecule has 0 heterocycles. The first-order chi connectivity index (χ1) is 18.9. The molecule has 216 valence electrons. The van der Waals surface area contributed by atoms with Crippen LogP contribution >= 0.6 is 0 Å². The standard InChI is InChI=1S/C30H39FN4O5/c1-19(2)14-22(29(33)39)17-27(37)26(16-20-6-4-3-5-7-20)35-28(38)13-12-24(36)18-34-30(40)25(32)15-21-8-10-23(31)11-9-21/h3-11,19,22,25-26H,12-18,32H2,1-2H3,(H2,33,39)(H,34,40)(H,35,38)/t22?,25-,26?/m1/s1. The first-order valence-electron chi connectivity index (χ1n) is 13.4. The fourth-order valence-electron chi connectivity index (χ4n) is 4.24. The zero-order chi connectivity index (χ0) is 29.7. The maximum absolute atomic E-state index is 13.1. The van der Waals surface area contributed by atoms with Crippen LogP contribution in [-0.4, -0.2) is 47.9 Å². The Morgan fingerprint density at radius 3 is 2.10 bits per heavy atom. The highest BCUT2D eigenvalue weighted by molar-refractivity contribution is 5.94. The van der Waals surface area contributed by atoms with Gasteiger partial charge in [-0.25, -0.2) is 4.39 Å². The molecule has 3 amide bonds. The van der Waals surface area contributed by atoms with E-state index in [0.717, 1.165) is 5.56 Å². The smallest absolute Gasteiger partial charge is 0.237 e. The Morgan fingerprint density at radius 2 is 1.50 bits per heavy atom. The van der Waals surface area contributed by atoms with Gasteiger partial charge in [-0.3, -0.25) is 24.0 Å². The predicted octanol–water partition coefficient (Wildman–Crippen LogP) is 2.00. The first-order valence-corrected chi connectivity index (χ1v) is 13.4. The summed E-state index contributed by atoms with van der Waals surface area (Å²) in [5.74, 6) is -3.16. The van der Waals surface area contributed by atoms with Crippen LogP contribution in [0.15, 0.2) is 54.6 Å². The van der Waals surface area contributed by atoms with E-state index in [1.54, 1.807) is 0 Å². The third-order valence-corrected chi connectivity index (χ3v) is 6.41. The summed E-state index contributed by atoms with van der Waals surface area (Å²) in [5, 5.41) is 5.17. The van der Waals surface area contributed by atoms with E-state index in [9.17, 15) is 28.4 Å². The Hall–Kier alpha value is -3.92. The van der Waals surface area contributed by atoms with Gasteiger partial charge in [0.15, 0.2) is 11.6 Å². The van der Waals surface area contributed by atoms with Crippen LogP contribution in [0.2, 0.25) is 0 Å². The van der Waals surface area contributed by atoms with Crippen molar-refractivity contribution >= 4 is 29.3 Å². The number of primary amides is 1. The van der Waals surface area contributed by atoms with Crippen LogP contribution in [0.1, 0.15) is 50.7 Å². The first kappa shape index (κ1) is 32.3. The monoisotopic (exact) mass is 554 g/mol. The number of rotatable bonds is 17. The lowest BCUT2D eigenvalue weighted by Crippen LogP contribution is -2.45. The maximum Gasteiger partial charge on any atom is 0.237 e. The minimum atomic E-state index is -0.925. The molecule has 2 unspecified atom stereocenters. The average molecular weight is 555 g/mol. The molecule has 10 heteroatoms. The van der Waals surface area contributed by atoms with Crippen molar-refractivity contribution in [3.63, 3.8) is 0 Å². The zero-order valence-corrected chi connectivity index (χ0v) is 23.0. The minimum Gasteiger partial charge on any atom is -0.369 e. The molecule has 2 aromatic carbocycles. The van der Waals surface area contributed by atoms with Gasteiger partial charge in [-0.15, -0.1) is 0 Å². The van der Waals surface area contributed by atoms with Crippen molar-refractivity contribution in [2.24, 2.45) is 23.3 Å². The van der Waals surface area contributed by atoms with Gasteiger partial charge in [-0.1, -0.05) is 56.3 Å². The van der Waals surface area contributed by atoms with Gasteiger partial charge >= 0.3 is 0 Å². The molecule has 0 aromatic heterocycles. The molecule has 2 rings (SSSR count). The minimum absolute atomic E-state index is 0.0889. The Kier molecular flexibility index (Phi) is 13.1. The van der Waals surface area contributed by atoms with Crippen LogP contribution in [0.3, 0.4) is 0 Å². The number of hydrogen-bond acceptors (Lipinski definition) is 6. The number of amides is 3. The quantitative estimate of drug-likeness (QED) is 0.234. The second-order valence-corrected chi connectivity index (χ2v) is 10.4. The zero-order valence-electron chi connectivity index (χ0n) is 23.0. The molecule has 0 saturated carbocycles. The third kappa shape index (κ3) is 11.9. The van der Waals surface area contributed by atoms with Crippen molar-refractivity contribution in [2.75, 3.05) is 6.54 Å². The third-order valence-electron chi connectivity index (χ3n) is 6.41. The van der Waals surface area contributed by atoms with Crippen molar-refractivity contribution in [2.45, 2.75) is 64.5 Å². The van der Waals surface area contributed by atoms with E-state index < -0.39 is 41.5 Å². The molecule has 40 heavy (non-hydrogen) atoms. The maximum atomic E-state index is 13.1. The summed E-state index contributed by atoms with van der Waals surface area (Å²) in [6.45, 7) is 3.57. The SMILES string of the molecule is CC(C)CC(CC(=O)C(Cc1ccccc1)NC(=O)CCC(=O)CNC(=O)[C@H](N)Cc1ccc(F)cc1)C(N)=O. The summed E-state index contributed by atoms with van der Waals surface area (Å²) >= 11 is 0. The Bertz CT molecular complexity index is 1150. The fourth-order valence-corrected chi connectivity index (χ4v) is 4.24.